The normalized spacial score (nSPS) is 15.0. The van der Waals surface area contributed by atoms with E-state index in [-0.39, 0.29) is 43.4 Å². The third-order valence-electron chi connectivity index (χ3n) is 6.62. The van der Waals surface area contributed by atoms with Crippen molar-refractivity contribution in [2.45, 2.75) is 76.8 Å². The molecule has 4 unspecified atom stereocenters. The van der Waals surface area contributed by atoms with Gasteiger partial charge in [0.25, 0.3) is 0 Å². The van der Waals surface area contributed by atoms with Crippen LogP contribution in [0.5, 0.6) is 0 Å². The van der Waals surface area contributed by atoms with Gasteiger partial charge in [-0.2, -0.15) is 0 Å². The number of aliphatic hydroxyl groups excluding tert-OH is 2. The van der Waals surface area contributed by atoms with Gasteiger partial charge in [0, 0.05) is 37.4 Å². The highest BCUT2D eigenvalue weighted by atomic mass is 32.2. The topological polar surface area (TPSA) is 236 Å². The number of aliphatic hydroxyl groups is 2. The summed E-state index contributed by atoms with van der Waals surface area (Å²) in [5.74, 6) is -1.65. The lowest BCUT2D eigenvalue weighted by molar-refractivity contribution is -0.516. The molecule has 264 valence electrons. The minimum absolute atomic E-state index is 0.0647. The molecule has 0 aliphatic carbocycles. The highest BCUT2D eigenvalue weighted by molar-refractivity contribution is 7.92. The number of sulfonamides is 1. The maximum absolute atomic E-state index is 13.7. The maximum Gasteiger partial charge on any atom is 0.308 e. The van der Waals surface area contributed by atoms with E-state index in [1.807, 2.05) is 13.8 Å². The van der Waals surface area contributed by atoms with Gasteiger partial charge >= 0.3 is 5.97 Å². The van der Waals surface area contributed by atoms with Crippen LogP contribution in [-0.2, 0) is 29.2 Å². The van der Waals surface area contributed by atoms with Crippen molar-refractivity contribution in [2.24, 2.45) is 0 Å². The third-order valence-corrected chi connectivity index (χ3v) is 7.78. The Morgan fingerprint density at radius 3 is 2.17 bits per heavy atom. The van der Waals surface area contributed by atoms with Gasteiger partial charge in [0.1, 0.15) is 5.82 Å². The molecule has 0 amide bonds. The number of rotatable bonds is 19. The van der Waals surface area contributed by atoms with E-state index in [9.17, 15) is 27.8 Å². The zero-order chi connectivity index (χ0) is 35.5. The Morgan fingerprint density at radius 2 is 1.62 bits per heavy atom. The molecule has 1 aromatic heterocycles. The minimum atomic E-state index is -3.72. The SMILES string of the molecule is CC(CC(CCOC(=O)CC(O)CC(O)/C=C/c1c(-c2ccc(F)cc2)nc(N(C)S(C)(=O)=O)nc1C(C)C)ON(O)O)ON(O)O. The number of ether oxygens (including phenoxy) is 1. The molecule has 0 spiro atoms. The van der Waals surface area contributed by atoms with Crippen molar-refractivity contribution >= 4 is 28.0 Å². The standard InChI is InChI=1S/C28H42FN5O12S/c1-17(2)26-24(27(19-6-8-20(29)9-7-19)31-28(30-26)32(4)47(5,42)43)11-10-21(35)15-22(36)16-25(37)44-13-12-23(46-34(40)41)14-18(3)45-33(38)39/h6-11,17-18,21-23,35-36,38-41H,12-16H2,1-5H3/b11-10+. The summed E-state index contributed by atoms with van der Waals surface area (Å²) in [7, 11) is -2.41. The molecule has 0 saturated heterocycles. The largest absolute Gasteiger partial charge is 0.465 e. The van der Waals surface area contributed by atoms with Crippen molar-refractivity contribution in [3.63, 3.8) is 0 Å². The van der Waals surface area contributed by atoms with E-state index in [0.717, 1.165) is 10.6 Å². The van der Waals surface area contributed by atoms with Crippen molar-refractivity contribution in [1.29, 1.82) is 0 Å². The van der Waals surface area contributed by atoms with Gasteiger partial charge in [0.05, 0.1) is 65.9 Å². The summed E-state index contributed by atoms with van der Waals surface area (Å²) in [5, 5.41) is 55.3. The van der Waals surface area contributed by atoms with Gasteiger partial charge in [0.2, 0.25) is 16.0 Å². The molecule has 0 aliphatic rings. The Hall–Kier alpha value is -3.21. The number of halogens is 1. The van der Waals surface area contributed by atoms with E-state index < -0.39 is 63.4 Å². The Bertz CT molecular complexity index is 1430. The number of nitrogens with zero attached hydrogens (tertiary/aromatic N) is 5. The van der Waals surface area contributed by atoms with Crippen LogP contribution in [0.4, 0.5) is 10.3 Å². The summed E-state index contributed by atoms with van der Waals surface area (Å²) in [5.41, 5.74) is 1.60. The molecule has 2 rings (SSSR count). The van der Waals surface area contributed by atoms with Gasteiger partial charge in [-0.3, -0.25) is 25.6 Å². The van der Waals surface area contributed by atoms with Crippen molar-refractivity contribution in [1.82, 2.24) is 20.7 Å². The first-order valence-corrected chi connectivity index (χ1v) is 16.2. The molecule has 17 nitrogen and oxygen atoms in total. The number of benzene rings is 1. The number of anilines is 1. The van der Waals surface area contributed by atoms with Crippen molar-refractivity contribution in [3.8, 4) is 11.3 Å². The third kappa shape index (κ3) is 13.8. The van der Waals surface area contributed by atoms with Gasteiger partial charge in [0.15, 0.2) is 0 Å². The second kappa shape index (κ2) is 18.4. The summed E-state index contributed by atoms with van der Waals surface area (Å²) in [6, 6.07) is 5.39. The summed E-state index contributed by atoms with van der Waals surface area (Å²) >= 11 is 0. The van der Waals surface area contributed by atoms with Crippen LogP contribution in [0, 0.1) is 5.82 Å². The molecule has 4 atom stereocenters. The van der Waals surface area contributed by atoms with Crippen LogP contribution >= 0.6 is 0 Å². The highest BCUT2D eigenvalue weighted by Gasteiger charge is 2.24. The van der Waals surface area contributed by atoms with Crippen molar-refractivity contribution < 1.29 is 63.1 Å². The number of esters is 1. The molecule has 19 heteroatoms. The lowest BCUT2D eigenvalue weighted by Crippen LogP contribution is -2.31. The van der Waals surface area contributed by atoms with Crippen LogP contribution in [0.3, 0.4) is 0 Å². The average Bonchev–Trinajstić information content (AvgIpc) is 2.94. The lowest BCUT2D eigenvalue weighted by Gasteiger charge is -2.22. The molecule has 0 radical (unpaired) electrons. The zero-order valence-corrected chi connectivity index (χ0v) is 27.4. The molecule has 47 heavy (non-hydrogen) atoms. The van der Waals surface area contributed by atoms with Crippen LogP contribution in [0.2, 0.25) is 0 Å². The maximum atomic E-state index is 13.7. The smallest absolute Gasteiger partial charge is 0.308 e. The lowest BCUT2D eigenvalue weighted by atomic mass is 9.97. The van der Waals surface area contributed by atoms with E-state index in [1.54, 1.807) is 0 Å². The van der Waals surface area contributed by atoms with Gasteiger partial charge in [-0.1, -0.05) is 26.0 Å². The average molecular weight is 692 g/mol. The van der Waals surface area contributed by atoms with Gasteiger partial charge in [-0.25, -0.2) is 36.8 Å². The fourth-order valence-electron chi connectivity index (χ4n) is 4.32. The van der Waals surface area contributed by atoms with Gasteiger partial charge in [-0.15, -0.1) is 0 Å². The molecule has 1 aromatic carbocycles. The van der Waals surface area contributed by atoms with E-state index in [0.29, 0.717) is 16.8 Å². The van der Waals surface area contributed by atoms with E-state index in [2.05, 4.69) is 14.8 Å². The van der Waals surface area contributed by atoms with E-state index >= 15 is 0 Å². The van der Waals surface area contributed by atoms with Gasteiger partial charge in [-0.05, 0) is 37.1 Å². The molecule has 0 aliphatic heterocycles. The molecule has 0 fully saturated rings. The predicted molar refractivity (Wildman–Crippen MR) is 161 cm³/mol. The molecule has 0 bridgehead atoms. The first-order chi connectivity index (χ1) is 21.9. The molecular weight excluding hydrogens is 649 g/mol. The monoisotopic (exact) mass is 691 g/mol. The quantitative estimate of drug-likeness (QED) is 0.0916. The second-order valence-electron chi connectivity index (χ2n) is 11.0. The molecule has 0 saturated carbocycles. The van der Waals surface area contributed by atoms with Crippen molar-refractivity contribution in [2.75, 3.05) is 24.2 Å². The van der Waals surface area contributed by atoms with Crippen LogP contribution in [0.25, 0.3) is 17.3 Å². The van der Waals surface area contributed by atoms with E-state index in [4.69, 9.17) is 30.4 Å². The number of aromatic nitrogens is 2. The first-order valence-electron chi connectivity index (χ1n) is 14.4. The van der Waals surface area contributed by atoms with Crippen molar-refractivity contribution in [3.05, 3.63) is 47.4 Å². The fraction of sp³-hybridized carbons (Fsp3) is 0.536. The van der Waals surface area contributed by atoms with Crippen LogP contribution in [-0.4, -0.2) is 111 Å². The number of hydrogen-bond acceptors (Lipinski definition) is 16. The number of carbonyl (C=O) groups excluding carboxylic acids is 1. The summed E-state index contributed by atoms with van der Waals surface area (Å²) in [6.07, 6.45) is -1.43. The predicted octanol–water partition coefficient (Wildman–Crippen LogP) is 2.42. The van der Waals surface area contributed by atoms with Crippen LogP contribution < -0.4 is 4.31 Å². The fourth-order valence-corrected chi connectivity index (χ4v) is 4.70. The summed E-state index contributed by atoms with van der Waals surface area (Å²) in [4.78, 5) is 30.5. The number of hydrogen-bond donors (Lipinski definition) is 6. The molecule has 6 N–H and O–H groups in total. The highest BCUT2D eigenvalue weighted by Crippen LogP contribution is 2.32. The Balaban J connectivity index is 2.14. The molecular formula is C28H42FN5O12S. The van der Waals surface area contributed by atoms with Crippen LogP contribution in [0.15, 0.2) is 30.3 Å². The summed E-state index contributed by atoms with van der Waals surface area (Å²) < 4.78 is 44.1. The minimum Gasteiger partial charge on any atom is -0.465 e. The Morgan fingerprint density at radius 1 is 1.00 bits per heavy atom. The summed E-state index contributed by atoms with van der Waals surface area (Å²) in [6.45, 7) is 4.82. The van der Waals surface area contributed by atoms with Crippen LogP contribution in [0.1, 0.15) is 63.6 Å². The molecule has 1 heterocycles. The zero-order valence-electron chi connectivity index (χ0n) is 26.5. The van der Waals surface area contributed by atoms with E-state index in [1.165, 1.54) is 50.4 Å². The first kappa shape index (κ1) is 40.0. The second-order valence-corrected chi connectivity index (χ2v) is 13.0. The Kier molecular flexibility index (Phi) is 15.6. The number of carbonyl (C=O) groups is 1. The Labute approximate surface area is 271 Å². The molecule has 2 aromatic rings. The van der Waals surface area contributed by atoms with Gasteiger partial charge < -0.3 is 14.9 Å².